The van der Waals surface area contributed by atoms with E-state index in [1.807, 2.05) is 6.07 Å². The third-order valence-electron chi connectivity index (χ3n) is 5.84. The van der Waals surface area contributed by atoms with Crippen LogP contribution in [0, 0.1) is 11.8 Å². The number of hydrogen-bond donors (Lipinski definition) is 2. The normalized spacial score (nSPS) is 27.5. The van der Waals surface area contributed by atoms with Crippen LogP contribution in [0.5, 0.6) is 0 Å². The van der Waals surface area contributed by atoms with E-state index in [-0.39, 0.29) is 11.8 Å². The zero-order chi connectivity index (χ0) is 18.4. The number of aliphatic carboxylic acids is 1. The second-order valence-corrected chi connectivity index (χ2v) is 7.69. The molecule has 2 N–H and O–H groups in total. The number of benzene rings is 1. The van der Waals surface area contributed by atoms with Gasteiger partial charge >= 0.3 is 5.97 Å². The first-order valence-corrected chi connectivity index (χ1v) is 9.78. The first-order valence-electron chi connectivity index (χ1n) is 9.78. The van der Waals surface area contributed by atoms with Crippen molar-refractivity contribution in [2.75, 3.05) is 13.2 Å². The summed E-state index contributed by atoms with van der Waals surface area (Å²) in [5.41, 5.74) is 1.39. The van der Waals surface area contributed by atoms with Crippen molar-refractivity contribution >= 4 is 11.9 Å². The van der Waals surface area contributed by atoms with Crippen LogP contribution in [0.2, 0.25) is 0 Å². The van der Waals surface area contributed by atoms with E-state index < -0.39 is 12.0 Å². The molecule has 1 saturated carbocycles. The molecule has 2 aliphatic rings. The number of ether oxygens (including phenoxy) is 1. The van der Waals surface area contributed by atoms with Gasteiger partial charge in [-0.3, -0.25) is 4.79 Å². The molecule has 2 atom stereocenters. The smallest absolute Gasteiger partial charge is 0.326 e. The Morgan fingerprint density at radius 3 is 2.46 bits per heavy atom. The molecule has 142 valence electrons. The Bertz CT molecular complexity index is 589. The molecular weight excluding hydrogens is 330 g/mol. The lowest BCUT2D eigenvalue weighted by molar-refractivity contribution is -0.145. The Morgan fingerprint density at radius 2 is 1.85 bits per heavy atom. The molecule has 1 aromatic rings. The van der Waals surface area contributed by atoms with Gasteiger partial charge in [-0.15, -0.1) is 0 Å². The van der Waals surface area contributed by atoms with Crippen molar-refractivity contribution in [2.24, 2.45) is 11.8 Å². The fourth-order valence-corrected chi connectivity index (χ4v) is 4.33. The minimum Gasteiger partial charge on any atom is -0.480 e. The molecule has 1 heterocycles. The predicted octanol–water partition coefficient (Wildman–Crippen LogP) is 3.35. The molecule has 0 radical (unpaired) electrons. The zero-order valence-electron chi connectivity index (χ0n) is 15.2. The summed E-state index contributed by atoms with van der Waals surface area (Å²) in [4.78, 5) is 24.0. The molecule has 5 heteroatoms. The van der Waals surface area contributed by atoms with Crippen LogP contribution in [0.3, 0.4) is 0 Å². The molecule has 0 bridgehead atoms. The topological polar surface area (TPSA) is 75.6 Å². The maximum atomic E-state index is 12.4. The second-order valence-electron chi connectivity index (χ2n) is 7.69. The fraction of sp³-hybridized carbons (Fsp3) is 0.619. The Kier molecular flexibility index (Phi) is 6.67. The van der Waals surface area contributed by atoms with Gasteiger partial charge in [-0.1, -0.05) is 30.3 Å². The van der Waals surface area contributed by atoms with Crippen molar-refractivity contribution in [3.8, 4) is 0 Å². The first-order chi connectivity index (χ1) is 12.6. The van der Waals surface area contributed by atoms with Gasteiger partial charge in [0.25, 0.3) is 0 Å². The Labute approximate surface area is 155 Å². The van der Waals surface area contributed by atoms with Crippen molar-refractivity contribution in [3.63, 3.8) is 0 Å². The highest BCUT2D eigenvalue weighted by atomic mass is 16.5. The number of hydrogen-bond acceptors (Lipinski definition) is 3. The first kappa shape index (κ1) is 18.9. The molecule has 5 nitrogen and oxygen atoms in total. The van der Waals surface area contributed by atoms with Crippen LogP contribution in [0.4, 0.5) is 0 Å². The molecule has 1 aliphatic heterocycles. The van der Waals surface area contributed by atoms with E-state index >= 15 is 0 Å². The summed E-state index contributed by atoms with van der Waals surface area (Å²) in [6.07, 6.45) is 6.32. The van der Waals surface area contributed by atoms with Gasteiger partial charge < -0.3 is 15.2 Å². The number of nitrogens with one attached hydrogen (secondary N) is 1. The SMILES string of the molecule is O=C(CC1CCC(c2ccccc2)CC1)NC(C(=O)O)C1CCCOC1. The summed E-state index contributed by atoms with van der Waals surface area (Å²) in [5, 5.41) is 12.2. The molecular formula is C21H29NO4. The average Bonchev–Trinajstić information content (AvgIpc) is 2.68. The van der Waals surface area contributed by atoms with Gasteiger partial charge in [0.1, 0.15) is 6.04 Å². The third kappa shape index (κ3) is 5.07. The van der Waals surface area contributed by atoms with Crippen LogP contribution in [0.1, 0.15) is 56.4 Å². The molecule has 0 spiro atoms. The molecule has 1 aromatic carbocycles. The summed E-state index contributed by atoms with van der Waals surface area (Å²) in [6, 6.07) is 9.73. The Hall–Kier alpha value is -1.88. The molecule has 3 rings (SSSR count). The molecule has 1 saturated heterocycles. The quantitative estimate of drug-likeness (QED) is 0.817. The van der Waals surface area contributed by atoms with Gasteiger partial charge in [0.05, 0.1) is 6.61 Å². The second kappa shape index (κ2) is 9.17. The van der Waals surface area contributed by atoms with E-state index in [0.717, 1.165) is 38.5 Å². The summed E-state index contributed by atoms with van der Waals surface area (Å²) < 4.78 is 5.38. The van der Waals surface area contributed by atoms with E-state index in [9.17, 15) is 14.7 Å². The third-order valence-corrected chi connectivity index (χ3v) is 5.84. The van der Waals surface area contributed by atoms with Gasteiger partial charge in [-0.2, -0.15) is 0 Å². The van der Waals surface area contributed by atoms with Gasteiger partial charge in [-0.25, -0.2) is 4.79 Å². The largest absolute Gasteiger partial charge is 0.480 e. The monoisotopic (exact) mass is 359 g/mol. The Balaban J connectivity index is 1.46. The van der Waals surface area contributed by atoms with Gasteiger partial charge in [-0.05, 0) is 55.9 Å². The van der Waals surface area contributed by atoms with Gasteiger partial charge in [0.2, 0.25) is 5.91 Å². The van der Waals surface area contributed by atoms with E-state index in [0.29, 0.717) is 31.5 Å². The minimum atomic E-state index is -0.957. The summed E-state index contributed by atoms with van der Waals surface area (Å²) in [6.45, 7) is 1.10. The number of rotatable bonds is 6. The van der Waals surface area contributed by atoms with Crippen molar-refractivity contribution < 1.29 is 19.4 Å². The van der Waals surface area contributed by atoms with Crippen LogP contribution in [-0.2, 0) is 14.3 Å². The van der Waals surface area contributed by atoms with E-state index in [1.54, 1.807) is 0 Å². The average molecular weight is 359 g/mol. The summed E-state index contributed by atoms with van der Waals surface area (Å²) in [5.74, 6) is -0.277. The lowest BCUT2D eigenvalue weighted by atomic mass is 9.77. The maximum absolute atomic E-state index is 12.4. The molecule has 0 aromatic heterocycles. The van der Waals surface area contributed by atoms with Crippen molar-refractivity contribution in [3.05, 3.63) is 35.9 Å². The minimum absolute atomic E-state index is 0.126. The fourth-order valence-electron chi connectivity index (χ4n) is 4.33. The van der Waals surface area contributed by atoms with Crippen molar-refractivity contribution in [1.82, 2.24) is 5.32 Å². The van der Waals surface area contributed by atoms with Crippen LogP contribution < -0.4 is 5.32 Å². The van der Waals surface area contributed by atoms with Gasteiger partial charge in [0, 0.05) is 18.9 Å². The Morgan fingerprint density at radius 1 is 1.12 bits per heavy atom. The molecule has 1 amide bonds. The summed E-state index contributed by atoms with van der Waals surface area (Å²) in [7, 11) is 0. The number of carbonyl (C=O) groups excluding carboxylic acids is 1. The van der Waals surface area contributed by atoms with E-state index in [1.165, 1.54) is 5.56 Å². The highest BCUT2D eigenvalue weighted by Gasteiger charge is 2.32. The molecule has 26 heavy (non-hydrogen) atoms. The highest BCUT2D eigenvalue weighted by molar-refractivity contribution is 5.83. The molecule has 1 aliphatic carbocycles. The van der Waals surface area contributed by atoms with Crippen LogP contribution in [-0.4, -0.2) is 36.2 Å². The standard InChI is InChI=1S/C21H29NO4/c23-19(22-20(21(24)25)18-7-4-12-26-14-18)13-15-8-10-17(11-9-15)16-5-2-1-3-6-16/h1-3,5-6,15,17-18,20H,4,7-14H2,(H,22,23)(H,24,25). The number of carboxylic acid groups (broad SMARTS) is 1. The van der Waals surface area contributed by atoms with Crippen molar-refractivity contribution in [2.45, 2.75) is 56.9 Å². The molecule has 2 unspecified atom stereocenters. The maximum Gasteiger partial charge on any atom is 0.326 e. The van der Waals surface area contributed by atoms with Crippen LogP contribution in [0.15, 0.2) is 30.3 Å². The lowest BCUT2D eigenvalue weighted by Gasteiger charge is -2.30. The van der Waals surface area contributed by atoms with E-state index in [2.05, 4.69) is 29.6 Å². The zero-order valence-corrected chi connectivity index (χ0v) is 15.2. The van der Waals surface area contributed by atoms with Crippen LogP contribution >= 0.6 is 0 Å². The number of amides is 1. The van der Waals surface area contributed by atoms with Gasteiger partial charge in [0.15, 0.2) is 0 Å². The van der Waals surface area contributed by atoms with Crippen LogP contribution in [0.25, 0.3) is 0 Å². The van der Waals surface area contributed by atoms with E-state index in [4.69, 9.17) is 4.74 Å². The highest BCUT2D eigenvalue weighted by Crippen LogP contribution is 2.36. The number of carbonyl (C=O) groups is 2. The lowest BCUT2D eigenvalue weighted by Crippen LogP contribution is -2.48. The summed E-state index contributed by atoms with van der Waals surface area (Å²) >= 11 is 0. The molecule has 2 fully saturated rings. The van der Waals surface area contributed by atoms with Crippen molar-refractivity contribution in [1.29, 1.82) is 0 Å². The number of carboxylic acids is 1. The predicted molar refractivity (Wildman–Crippen MR) is 98.9 cm³/mol.